The van der Waals surface area contributed by atoms with Crippen LogP contribution in [0.5, 0.6) is 0 Å². The van der Waals surface area contributed by atoms with Gasteiger partial charge in [0, 0.05) is 11.4 Å². The minimum atomic E-state index is -1.09. The minimum absolute atomic E-state index is 0.148. The number of hydrogen-bond donors (Lipinski definition) is 1. The van der Waals surface area contributed by atoms with Crippen LogP contribution in [-0.2, 0) is 0 Å². The van der Waals surface area contributed by atoms with Gasteiger partial charge < -0.3 is 5.11 Å². The number of aromatic carboxylic acids is 1. The first-order valence-electron chi connectivity index (χ1n) is 3.82. The van der Waals surface area contributed by atoms with E-state index < -0.39 is 5.97 Å². The predicted octanol–water partition coefficient (Wildman–Crippen LogP) is 1.68. The fourth-order valence-corrected chi connectivity index (χ4v) is 1.51. The molecule has 0 saturated heterocycles. The third-order valence-electron chi connectivity index (χ3n) is 1.18. The second-order valence-corrected chi connectivity index (χ2v) is 4.29. The number of aromatic nitrogens is 2. The van der Waals surface area contributed by atoms with Crippen LogP contribution < -0.4 is 0 Å². The van der Waals surface area contributed by atoms with Gasteiger partial charge in [0.1, 0.15) is 5.03 Å². The molecular weight excluding hydrogens is 188 g/mol. The van der Waals surface area contributed by atoms with Gasteiger partial charge in [-0.05, 0) is 6.07 Å². The van der Waals surface area contributed by atoms with Crippen molar-refractivity contribution >= 4 is 17.7 Å². The molecule has 0 unspecified atom stereocenters. The van der Waals surface area contributed by atoms with Crippen LogP contribution in [0.2, 0.25) is 0 Å². The van der Waals surface area contributed by atoms with Crippen molar-refractivity contribution in [2.75, 3.05) is 0 Å². The van der Waals surface area contributed by atoms with Crippen molar-refractivity contribution < 1.29 is 9.90 Å². The Balaban J connectivity index is 2.85. The first-order valence-corrected chi connectivity index (χ1v) is 4.70. The summed E-state index contributed by atoms with van der Waals surface area (Å²) in [7, 11) is 0. The molecule has 0 aromatic carbocycles. The Morgan fingerprint density at radius 1 is 1.62 bits per heavy atom. The molecule has 0 fully saturated rings. The second kappa shape index (κ2) is 4.23. The predicted molar refractivity (Wildman–Crippen MR) is 50.0 cm³/mol. The molecule has 0 spiro atoms. The third-order valence-corrected chi connectivity index (χ3v) is 2.12. The Morgan fingerprint density at radius 2 is 2.31 bits per heavy atom. The van der Waals surface area contributed by atoms with Gasteiger partial charge in [0.25, 0.3) is 0 Å². The van der Waals surface area contributed by atoms with Gasteiger partial charge in [-0.3, -0.25) is 0 Å². The zero-order valence-corrected chi connectivity index (χ0v) is 8.21. The van der Waals surface area contributed by atoms with Crippen LogP contribution in [0.1, 0.15) is 24.5 Å². The summed E-state index contributed by atoms with van der Waals surface area (Å²) in [5.41, 5.74) is 0. The van der Waals surface area contributed by atoms with Gasteiger partial charge in [-0.1, -0.05) is 13.8 Å². The standard InChI is InChI=1S/C8H10N2O2S/c1-5(2)13-6-3-4-9-7(10-6)8(11)12/h3-5H,1-2H3,(H,11,12). The SMILES string of the molecule is CC(C)Sc1ccnc(C(=O)O)n1. The van der Waals surface area contributed by atoms with Crippen LogP contribution in [-0.4, -0.2) is 26.3 Å². The average Bonchev–Trinajstić information content (AvgIpc) is 2.03. The molecule has 70 valence electrons. The average molecular weight is 198 g/mol. The number of thioether (sulfide) groups is 1. The van der Waals surface area contributed by atoms with Gasteiger partial charge in [-0.15, -0.1) is 11.8 Å². The lowest BCUT2D eigenvalue weighted by molar-refractivity contribution is 0.0682. The topological polar surface area (TPSA) is 63.1 Å². The number of rotatable bonds is 3. The van der Waals surface area contributed by atoms with Crippen molar-refractivity contribution in [2.24, 2.45) is 0 Å². The summed E-state index contributed by atoms with van der Waals surface area (Å²) in [6.45, 7) is 4.04. The monoisotopic (exact) mass is 198 g/mol. The molecule has 0 amide bonds. The third kappa shape index (κ3) is 3.02. The van der Waals surface area contributed by atoms with E-state index in [4.69, 9.17) is 5.11 Å². The van der Waals surface area contributed by atoms with Gasteiger partial charge in [0.05, 0.1) is 0 Å². The van der Waals surface area contributed by atoms with E-state index in [-0.39, 0.29) is 5.82 Å². The van der Waals surface area contributed by atoms with E-state index in [0.717, 1.165) is 0 Å². The van der Waals surface area contributed by atoms with E-state index >= 15 is 0 Å². The van der Waals surface area contributed by atoms with E-state index in [0.29, 0.717) is 10.3 Å². The summed E-state index contributed by atoms with van der Waals surface area (Å²) in [6, 6.07) is 1.71. The summed E-state index contributed by atoms with van der Waals surface area (Å²) in [4.78, 5) is 18.0. The minimum Gasteiger partial charge on any atom is -0.475 e. The van der Waals surface area contributed by atoms with Crippen LogP contribution >= 0.6 is 11.8 Å². The zero-order chi connectivity index (χ0) is 9.84. The number of carboxylic acid groups (broad SMARTS) is 1. The smallest absolute Gasteiger partial charge is 0.373 e. The van der Waals surface area contributed by atoms with E-state index in [1.807, 2.05) is 13.8 Å². The highest BCUT2D eigenvalue weighted by atomic mass is 32.2. The number of carboxylic acids is 1. The van der Waals surface area contributed by atoms with Gasteiger partial charge in [0.2, 0.25) is 5.82 Å². The van der Waals surface area contributed by atoms with Gasteiger partial charge >= 0.3 is 5.97 Å². The number of hydrogen-bond acceptors (Lipinski definition) is 4. The molecule has 0 aliphatic rings. The molecule has 13 heavy (non-hydrogen) atoms. The Kier molecular flexibility index (Phi) is 3.25. The Morgan fingerprint density at radius 3 is 2.85 bits per heavy atom. The van der Waals surface area contributed by atoms with Crippen molar-refractivity contribution in [1.82, 2.24) is 9.97 Å². The maximum atomic E-state index is 10.5. The summed E-state index contributed by atoms with van der Waals surface area (Å²) in [6.07, 6.45) is 1.46. The van der Waals surface area contributed by atoms with Crippen molar-refractivity contribution in [3.63, 3.8) is 0 Å². The first kappa shape index (κ1) is 9.98. The maximum absolute atomic E-state index is 10.5. The van der Waals surface area contributed by atoms with E-state index in [1.54, 1.807) is 6.07 Å². The molecule has 0 aliphatic carbocycles. The van der Waals surface area contributed by atoms with Crippen molar-refractivity contribution in [2.45, 2.75) is 24.1 Å². The lowest BCUT2D eigenvalue weighted by Crippen LogP contribution is -2.04. The summed E-state index contributed by atoms with van der Waals surface area (Å²) in [5.74, 6) is -1.24. The molecule has 5 heteroatoms. The second-order valence-electron chi connectivity index (χ2n) is 2.69. The quantitative estimate of drug-likeness (QED) is 0.591. The Bertz CT molecular complexity index is 315. The highest BCUT2D eigenvalue weighted by molar-refractivity contribution is 7.99. The van der Waals surface area contributed by atoms with Gasteiger partial charge in [0.15, 0.2) is 0 Å². The number of nitrogens with zero attached hydrogens (tertiary/aromatic N) is 2. The fourth-order valence-electron chi connectivity index (χ4n) is 0.752. The van der Waals surface area contributed by atoms with Gasteiger partial charge in [-0.25, -0.2) is 14.8 Å². The molecule has 0 bridgehead atoms. The van der Waals surface area contributed by atoms with Crippen molar-refractivity contribution in [3.8, 4) is 0 Å². The van der Waals surface area contributed by atoms with Crippen molar-refractivity contribution in [1.29, 1.82) is 0 Å². The Labute approximate surface area is 80.4 Å². The highest BCUT2D eigenvalue weighted by Crippen LogP contribution is 2.19. The molecule has 1 N–H and O–H groups in total. The molecule has 1 rings (SSSR count). The van der Waals surface area contributed by atoms with Crippen molar-refractivity contribution in [3.05, 3.63) is 18.1 Å². The van der Waals surface area contributed by atoms with E-state index in [2.05, 4.69) is 9.97 Å². The lowest BCUT2D eigenvalue weighted by Gasteiger charge is -2.02. The van der Waals surface area contributed by atoms with E-state index in [1.165, 1.54) is 18.0 Å². The largest absolute Gasteiger partial charge is 0.475 e. The normalized spacial score (nSPS) is 10.4. The zero-order valence-electron chi connectivity index (χ0n) is 7.39. The molecular formula is C8H10N2O2S. The van der Waals surface area contributed by atoms with Gasteiger partial charge in [-0.2, -0.15) is 0 Å². The van der Waals surface area contributed by atoms with E-state index in [9.17, 15) is 4.79 Å². The van der Waals surface area contributed by atoms with Crippen LogP contribution in [0, 0.1) is 0 Å². The lowest BCUT2D eigenvalue weighted by atomic mass is 10.5. The maximum Gasteiger partial charge on any atom is 0.373 e. The molecule has 0 aliphatic heterocycles. The van der Waals surface area contributed by atoms with Crippen LogP contribution in [0.25, 0.3) is 0 Å². The number of carbonyl (C=O) groups is 1. The van der Waals surface area contributed by atoms with Crippen LogP contribution in [0.4, 0.5) is 0 Å². The molecule has 0 radical (unpaired) electrons. The summed E-state index contributed by atoms with van der Waals surface area (Å²) < 4.78 is 0. The fraction of sp³-hybridized carbons (Fsp3) is 0.375. The molecule has 0 atom stereocenters. The summed E-state index contributed by atoms with van der Waals surface area (Å²) in [5, 5.41) is 9.69. The highest BCUT2D eigenvalue weighted by Gasteiger charge is 2.07. The Hall–Kier alpha value is -1.10. The molecule has 1 aromatic rings. The molecule has 4 nitrogen and oxygen atoms in total. The van der Waals surface area contributed by atoms with Crippen LogP contribution in [0.15, 0.2) is 17.3 Å². The van der Waals surface area contributed by atoms with Crippen LogP contribution in [0.3, 0.4) is 0 Å². The first-order chi connectivity index (χ1) is 6.09. The molecule has 1 heterocycles. The molecule has 0 saturated carbocycles. The molecule has 1 aromatic heterocycles. The summed E-state index contributed by atoms with van der Waals surface area (Å²) >= 11 is 1.52.